The molecule has 1 unspecified atom stereocenters. The zero-order valence-electron chi connectivity index (χ0n) is 11.9. The number of nitrogens with zero attached hydrogens (tertiary/aromatic N) is 2. The van der Waals surface area contributed by atoms with Gasteiger partial charge in [-0.05, 0) is 31.5 Å². The number of aromatic carboxylic acids is 1. The highest BCUT2D eigenvalue weighted by molar-refractivity contribution is 5.87. The van der Waals surface area contributed by atoms with Crippen molar-refractivity contribution in [3.05, 3.63) is 35.4 Å². The SMILES string of the molecule is CCN1CCN(Cc2cccc(C(=O)O)c2)C(C)C1=O. The summed E-state index contributed by atoms with van der Waals surface area (Å²) in [5.74, 6) is -0.778. The van der Waals surface area contributed by atoms with Crippen molar-refractivity contribution in [2.45, 2.75) is 26.4 Å². The van der Waals surface area contributed by atoms with E-state index in [1.54, 1.807) is 18.2 Å². The lowest BCUT2D eigenvalue weighted by Crippen LogP contribution is -2.55. The zero-order chi connectivity index (χ0) is 14.7. The Bertz CT molecular complexity index is 516. The molecule has 5 nitrogen and oxygen atoms in total. The monoisotopic (exact) mass is 276 g/mol. The van der Waals surface area contributed by atoms with E-state index in [0.29, 0.717) is 6.54 Å². The van der Waals surface area contributed by atoms with Crippen LogP contribution in [-0.4, -0.2) is 52.5 Å². The molecule has 108 valence electrons. The number of rotatable bonds is 4. The quantitative estimate of drug-likeness (QED) is 0.904. The summed E-state index contributed by atoms with van der Waals surface area (Å²) in [5.41, 5.74) is 1.21. The van der Waals surface area contributed by atoms with Crippen molar-refractivity contribution in [3.63, 3.8) is 0 Å². The van der Waals surface area contributed by atoms with Crippen molar-refractivity contribution < 1.29 is 14.7 Å². The third-order valence-corrected chi connectivity index (χ3v) is 3.82. The fourth-order valence-electron chi connectivity index (χ4n) is 2.54. The first-order valence-electron chi connectivity index (χ1n) is 6.88. The van der Waals surface area contributed by atoms with Crippen LogP contribution in [-0.2, 0) is 11.3 Å². The highest BCUT2D eigenvalue weighted by Crippen LogP contribution is 2.16. The van der Waals surface area contributed by atoms with Gasteiger partial charge in [-0.3, -0.25) is 9.69 Å². The van der Waals surface area contributed by atoms with Gasteiger partial charge in [-0.25, -0.2) is 4.79 Å². The number of hydrogen-bond acceptors (Lipinski definition) is 3. The van der Waals surface area contributed by atoms with Crippen molar-refractivity contribution >= 4 is 11.9 Å². The van der Waals surface area contributed by atoms with Crippen molar-refractivity contribution in [3.8, 4) is 0 Å². The number of hydrogen-bond donors (Lipinski definition) is 1. The van der Waals surface area contributed by atoms with E-state index >= 15 is 0 Å². The maximum Gasteiger partial charge on any atom is 0.335 e. The molecule has 0 bridgehead atoms. The molecule has 1 aliphatic heterocycles. The van der Waals surface area contributed by atoms with Crippen LogP contribution in [0.3, 0.4) is 0 Å². The van der Waals surface area contributed by atoms with Crippen LogP contribution in [0.4, 0.5) is 0 Å². The van der Waals surface area contributed by atoms with E-state index in [-0.39, 0.29) is 17.5 Å². The third-order valence-electron chi connectivity index (χ3n) is 3.82. The number of amides is 1. The fourth-order valence-corrected chi connectivity index (χ4v) is 2.54. The Morgan fingerprint density at radius 3 is 2.80 bits per heavy atom. The molecule has 1 fully saturated rings. The number of carboxylic acids is 1. The van der Waals surface area contributed by atoms with E-state index in [2.05, 4.69) is 4.90 Å². The van der Waals surface area contributed by atoms with Crippen molar-refractivity contribution in [2.75, 3.05) is 19.6 Å². The molecule has 1 amide bonds. The lowest BCUT2D eigenvalue weighted by atomic mass is 10.1. The second-order valence-electron chi connectivity index (χ2n) is 5.07. The zero-order valence-corrected chi connectivity index (χ0v) is 11.9. The number of likely N-dealkylation sites (N-methyl/N-ethyl adjacent to an activating group) is 1. The van der Waals surface area contributed by atoms with Gasteiger partial charge in [0.2, 0.25) is 5.91 Å². The van der Waals surface area contributed by atoms with Gasteiger partial charge < -0.3 is 10.0 Å². The Morgan fingerprint density at radius 1 is 1.40 bits per heavy atom. The first-order chi connectivity index (χ1) is 9.52. The molecule has 1 aliphatic rings. The number of benzene rings is 1. The fraction of sp³-hybridized carbons (Fsp3) is 0.467. The maximum absolute atomic E-state index is 12.1. The maximum atomic E-state index is 12.1. The average Bonchev–Trinajstić information content (AvgIpc) is 2.44. The topological polar surface area (TPSA) is 60.9 Å². The molecule has 20 heavy (non-hydrogen) atoms. The Hall–Kier alpha value is -1.88. The average molecular weight is 276 g/mol. The van der Waals surface area contributed by atoms with Crippen LogP contribution >= 0.6 is 0 Å². The molecule has 1 saturated heterocycles. The smallest absolute Gasteiger partial charge is 0.335 e. The minimum Gasteiger partial charge on any atom is -0.478 e. The lowest BCUT2D eigenvalue weighted by molar-refractivity contribution is -0.141. The van der Waals surface area contributed by atoms with Crippen LogP contribution in [0.5, 0.6) is 0 Å². The second kappa shape index (κ2) is 6.05. The molecule has 5 heteroatoms. The summed E-state index contributed by atoms with van der Waals surface area (Å²) in [5, 5.41) is 9.00. The van der Waals surface area contributed by atoms with Gasteiger partial charge in [0, 0.05) is 26.2 Å². The highest BCUT2D eigenvalue weighted by Gasteiger charge is 2.30. The van der Waals surface area contributed by atoms with Gasteiger partial charge in [0.15, 0.2) is 0 Å². The molecule has 0 spiro atoms. The second-order valence-corrected chi connectivity index (χ2v) is 5.07. The molecule has 0 aliphatic carbocycles. The molecule has 2 rings (SSSR count). The van der Waals surface area contributed by atoms with Crippen LogP contribution in [0.15, 0.2) is 24.3 Å². The Balaban J connectivity index is 2.09. The molecule has 1 aromatic rings. The van der Waals surface area contributed by atoms with Gasteiger partial charge in [-0.15, -0.1) is 0 Å². The molecule has 1 aromatic carbocycles. The summed E-state index contributed by atoms with van der Waals surface area (Å²) in [6.07, 6.45) is 0. The number of carbonyl (C=O) groups excluding carboxylic acids is 1. The van der Waals surface area contributed by atoms with Crippen LogP contribution in [0, 0.1) is 0 Å². The minimum atomic E-state index is -0.924. The first-order valence-corrected chi connectivity index (χ1v) is 6.88. The van der Waals surface area contributed by atoms with E-state index in [4.69, 9.17) is 5.11 Å². The van der Waals surface area contributed by atoms with E-state index < -0.39 is 5.97 Å². The summed E-state index contributed by atoms with van der Waals surface area (Å²) in [6, 6.07) is 6.74. The predicted molar refractivity (Wildman–Crippen MR) is 75.5 cm³/mol. The van der Waals surface area contributed by atoms with Crippen molar-refractivity contribution in [2.24, 2.45) is 0 Å². The molecule has 1 N–H and O–H groups in total. The van der Waals surface area contributed by atoms with Crippen LogP contribution in [0.2, 0.25) is 0 Å². The van der Waals surface area contributed by atoms with Gasteiger partial charge in [-0.1, -0.05) is 12.1 Å². The minimum absolute atomic E-state index is 0.146. The molecular weight excluding hydrogens is 256 g/mol. The molecule has 0 saturated carbocycles. The van der Waals surface area contributed by atoms with Crippen molar-refractivity contribution in [1.82, 2.24) is 9.80 Å². The van der Waals surface area contributed by atoms with Gasteiger partial charge in [-0.2, -0.15) is 0 Å². The standard InChI is InChI=1S/C15H20N2O3/c1-3-16-7-8-17(11(2)14(16)18)10-12-5-4-6-13(9-12)15(19)20/h4-6,9,11H,3,7-8,10H2,1-2H3,(H,19,20). The van der Waals surface area contributed by atoms with E-state index in [1.807, 2.05) is 24.8 Å². The number of carboxylic acid groups (broad SMARTS) is 1. The first kappa shape index (κ1) is 14.5. The highest BCUT2D eigenvalue weighted by atomic mass is 16.4. The van der Waals surface area contributed by atoms with Crippen molar-refractivity contribution in [1.29, 1.82) is 0 Å². The summed E-state index contributed by atoms with van der Waals surface area (Å²) in [6.45, 7) is 6.79. The Labute approximate surface area is 118 Å². The van der Waals surface area contributed by atoms with Gasteiger partial charge in [0.25, 0.3) is 0 Å². The molecule has 0 radical (unpaired) electrons. The predicted octanol–water partition coefficient (Wildman–Crippen LogP) is 1.44. The Morgan fingerprint density at radius 2 is 2.15 bits per heavy atom. The van der Waals surface area contributed by atoms with Crippen LogP contribution in [0.25, 0.3) is 0 Å². The number of piperazine rings is 1. The van der Waals surface area contributed by atoms with Crippen LogP contribution < -0.4 is 0 Å². The number of carbonyl (C=O) groups is 2. The molecule has 1 heterocycles. The largest absolute Gasteiger partial charge is 0.478 e. The van der Waals surface area contributed by atoms with Gasteiger partial charge in [0.05, 0.1) is 11.6 Å². The van der Waals surface area contributed by atoms with E-state index in [1.165, 1.54) is 0 Å². The lowest BCUT2D eigenvalue weighted by Gasteiger charge is -2.38. The molecule has 1 atom stereocenters. The third kappa shape index (κ3) is 2.99. The van der Waals surface area contributed by atoms with E-state index in [0.717, 1.165) is 25.2 Å². The summed E-state index contributed by atoms with van der Waals surface area (Å²) < 4.78 is 0. The van der Waals surface area contributed by atoms with Gasteiger partial charge >= 0.3 is 5.97 Å². The normalized spacial score (nSPS) is 20.2. The molecular formula is C15H20N2O3. The summed E-state index contributed by atoms with van der Waals surface area (Å²) >= 11 is 0. The summed E-state index contributed by atoms with van der Waals surface area (Å²) in [4.78, 5) is 27.0. The Kier molecular flexibility index (Phi) is 4.39. The molecule has 0 aromatic heterocycles. The summed E-state index contributed by atoms with van der Waals surface area (Å²) in [7, 11) is 0. The van der Waals surface area contributed by atoms with E-state index in [9.17, 15) is 9.59 Å². The van der Waals surface area contributed by atoms with Crippen LogP contribution in [0.1, 0.15) is 29.8 Å². The van der Waals surface area contributed by atoms with Gasteiger partial charge in [0.1, 0.15) is 0 Å².